The fourth-order valence-corrected chi connectivity index (χ4v) is 2.84. The van der Waals surface area contributed by atoms with Gasteiger partial charge in [0.1, 0.15) is 11.8 Å². The number of halogens is 1. The highest BCUT2D eigenvalue weighted by molar-refractivity contribution is 9.09. The number of nitrogens with zero attached hydrogens (tertiary/aromatic N) is 3. The number of amides is 1. The monoisotopic (exact) mass is 321 g/mol. The predicted molar refractivity (Wildman–Crippen MR) is 76.0 cm³/mol. The molecule has 1 unspecified atom stereocenters. The minimum Gasteiger partial charge on any atom is -0.337 e. The van der Waals surface area contributed by atoms with Crippen LogP contribution in [0.1, 0.15) is 35.8 Å². The van der Waals surface area contributed by atoms with E-state index in [1.54, 1.807) is 12.1 Å². The highest BCUT2D eigenvalue weighted by Crippen LogP contribution is 2.25. The smallest absolute Gasteiger partial charge is 0.272 e. The van der Waals surface area contributed by atoms with E-state index in [0.717, 1.165) is 25.9 Å². The maximum absolute atomic E-state index is 12.2. The standard InChI is InChI=1S/C14H16BrN3O/c1-10(15)12-4-6-18(7-5-12)14(19)13-3-2-11(8-16)9-17-13/h2-3,9-10,12H,4-7H2,1H3. The van der Waals surface area contributed by atoms with E-state index in [9.17, 15) is 4.79 Å². The van der Waals surface area contributed by atoms with Gasteiger partial charge in [-0.25, -0.2) is 4.98 Å². The van der Waals surface area contributed by atoms with Gasteiger partial charge in [-0.15, -0.1) is 0 Å². The molecular weight excluding hydrogens is 306 g/mol. The van der Waals surface area contributed by atoms with Gasteiger partial charge in [-0.2, -0.15) is 5.26 Å². The first-order chi connectivity index (χ1) is 9.11. The third kappa shape index (κ3) is 3.32. The third-order valence-corrected chi connectivity index (χ3v) is 4.34. The fourth-order valence-electron chi connectivity index (χ4n) is 2.31. The Kier molecular flexibility index (Phi) is 4.54. The van der Waals surface area contributed by atoms with Crippen molar-refractivity contribution in [1.29, 1.82) is 5.26 Å². The van der Waals surface area contributed by atoms with E-state index in [1.807, 2.05) is 11.0 Å². The molecule has 1 aromatic heterocycles. The summed E-state index contributed by atoms with van der Waals surface area (Å²) in [4.78, 5) is 18.6. The molecule has 100 valence electrons. The second-order valence-corrected chi connectivity index (χ2v) is 6.30. The summed E-state index contributed by atoms with van der Waals surface area (Å²) in [7, 11) is 0. The lowest BCUT2D eigenvalue weighted by Crippen LogP contribution is -2.40. The van der Waals surface area contributed by atoms with E-state index in [4.69, 9.17) is 5.26 Å². The summed E-state index contributed by atoms with van der Waals surface area (Å²) in [5.74, 6) is 0.600. The summed E-state index contributed by atoms with van der Waals surface area (Å²) in [5, 5.41) is 8.71. The first-order valence-corrected chi connectivity index (χ1v) is 7.33. The van der Waals surface area contributed by atoms with E-state index in [-0.39, 0.29) is 5.91 Å². The Morgan fingerprint density at radius 1 is 1.53 bits per heavy atom. The minimum atomic E-state index is -0.0369. The second-order valence-electron chi connectivity index (χ2n) is 4.85. The van der Waals surface area contributed by atoms with Crippen LogP contribution >= 0.6 is 15.9 Å². The lowest BCUT2D eigenvalue weighted by Gasteiger charge is -2.33. The SMILES string of the molecule is CC(Br)C1CCN(C(=O)c2ccc(C#N)cn2)CC1. The van der Waals surface area contributed by atoms with Crippen LogP contribution < -0.4 is 0 Å². The lowest BCUT2D eigenvalue weighted by molar-refractivity contribution is 0.0685. The first-order valence-electron chi connectivity index (χ1n) is 6.41. The van der Waals surface area contributed by atoms with Crippen LogP contribution in [0, 0.1) is 17.2 Å². The quantitative estimate of drug-likeness (QED) is 0.787. The van der Waals surface area contributed by atoms with Crippen LogP contribution in [0.3, 0.4) is 0 Å². The van der Waals surface area contributed by atoms with E-state index >= 15 is 0 Å². The zero-order chi connectivity index (χ0) is 13.8. The molecule has 1 aromatic rings. The summed E-state index contributed by atoms with van der Waals surface area (Å²) in [5.41, 5.74) is 0.896. The van der Waals surface area contributed by atoms with E-state index in [0.29, 0.717) is 22.0 Å². The molecule has 1 aliphatic rings. The molecule has 1 aliphatic heterocycles. The molecule has 1 atom stereocenters. The van der Waals surface area contributed by atoms with Crippen molar-refractivity contribution in [3.63, 3.8) is 0 Å². The molecule has 0 aromatic carbocycles. The summed E-state index contributed by atoms with van der Waals surface area (Å²) < 4.78 is 0. The molecule has 2 heterocycles. The Bertz CT molecular complexity index is 484. The Labute approximate surface area is 121 Å². The average Bonchev–Trinajstić information content (AvgIpc) is 2.46. The van der Waals surface area contributed by atoms with Crippen LogP contribution in [-0.2, 0) is 0 Å². The number of aromatic nitrogens is 1. The Hall–Kier alpha value is -1.41. The highest BCUT2D eigenvalue weighted by atomic mass is 79.9. The molecule has 0 bridgehead atoms. The predicted octanol–water partition coefficient (Wildman–Crippen LogP) is 2.59. The Balaban J connectivity index is 1.99. The van der Waals surface area contributed by atoms with Crippen LogP contribution in [0.15, 0.2) is 18.3 Å². The average molecular weight is 322 g/mol. The zero-order valence-electron chi connectivity index (χ0n) is 10.8. The van der Waals surface area contributed by atoms with Gasteiger partial charge in [-0.1, -0.05) is 22.9 Å². The maximum Gasteiger partial charge on any atom is 0.272 e. The van der Waals surface area contributed by atoms with Crippen molar-refractivity contribution in [3.05, 3.63) is 29.6 Å². The molecule has 0 aliphatic carbocycles. The van der Waals surface area contributed by atoms with E-state index in [1.165, 1.54) is 6.20 Å². The van der Waals surface area contributed by atoms with Crippen molar-refractivity contribution in [2.24, 2.45) is 5.92 Å². The number of rotatable bonds is 2. The van der Waals surface area contributed by atoms with Gasteiger partial charge < -0.3 is 4.90 Å². The number of likely N-dealkylation sites (tertiary alicyclic amines) is 1. The molecule has 4 nitrogen and oxygen atoms in total. The summed E-state index contributed by atoms with van der Waals surface area (Å²) in [6, 6.07) is 5.26. The van der Waals surface area contributed by atoms with Crippen LogP contribution in [-0.4, -0.2) is 33.7 Å². The van der Waals surface area contributed by atoms with Crippen molar-refractivity contribution < 1.29 is 4.79 Å². The number of piperidine rings is 1. The van der Waals surface area contributed by atoms with Gasteiger partial charge in [-0.05, 0) is 30.9 Å². The van der Waals surface area contributed by atoms with Crippen LogP contribution in [0.2, 0.25) is 0 Å². The largest absolute Gasteiger partial charge is 0.337 e. The van der Waals surface area contributed by atoms with Gasteiger partial charge in [0.25, 0.3) is 5.91 Å². The number of hydrogen-bond donors (Lipinski definition) is 0. The van der Waals surface area contributed by atoms with Crippen LogP contribution in [0.25, 0.3) is 0 Å². The number of nitriles is 1. The van der Waals surface area contributed by atoms with Gasteiger partial charge in [-0.3, -0.25) is 4.79 Å². The molecule has 0 saturated carbocycles. The molecule has 5 heteroatoms. The lowest BCUT2D eigenvalue weighted by atomic mass is 9.94. The van der Waals surface area contributed by atoms with Crippen LogP contribution in [0.4, 0.5) is 0 Å². The molecule has 0 radical (unpaired) electrons. The van der Waals surface area contributed by atoms with Gasteiger partial charge in [0.05, 0.1) is 5.56 Å². The van der Waals surface area contributed by atoms with Crippen molar-refractivity contribution in [3.8, 4) is 6.07 Å². The number of alkyl halides is 1. The highest BCUT2D eigenvalue weighted by Gasteiger charge is 2.26. The molecule has 0 N–H and O–H groups in total. The van der Waals surface area contributed by atoms with Crippen molar-refractivity contribution >= 4 is 21.8 Å². The molecule has 1 fully saturated rings. The molecule has 1 amide bonds. The van der Waals surface area contributed by atoms with Gasteiger partial charge in [0.2, 0.25) is 0 Å². The number of hydrogen-bond acceptors (Lipinski definition) is 3. The third-order valence-electron chi connectivity index (χ3n) is 3.59. The molecule has 0 spiro atoms. The Morgan fingerprint density at radius 3 is 2.68 bits per heavy atom. The van der Waals surface area contributed by atoms with Crippen molar-refractivity contribution in [2.45, 2.75) is 24.6 Å². The molecule has 19 heavy (non-hydrogen) atoms. The number of pyridine rings is 1. The molecule has 1 saturated heterocycles. The summed E-state index contributed by atoms with van der Waals surface area (Å²) in [6.45, 7) is 3.71. The van der Waals surface area contributed by atoms with Crippen LogP contribution in [0.5, 0.6) is 0 Å². The first kappa shape index (κ1) is 14.0. The zero-order valence-corrected chi connectivity index (χ0v) is 12.4. The van der Waals surface area contributed by atoms with Gasteiger partial charge >= 0.3 is 0 Å². The summed E-state index contributed by atoms with van der Waals surface area (Å²) >= 11 is 3.61. The summed E-state index contributed by atoms with van der Waals surface area (Å²) in [6.07, 6.45) is 3.49. The normalized spacial score (nSPS) is 17.8. The fraction of sp³-hybridized carbons (Fsp3) is 0.500. The second kappa shape index (κ2) is 6.16. The van der Waals surface area contributed by atoms with Gasteiger partial charge in [0, 0.05) is 24.1 Å². The van der Waals surface area contributed by atoms with Gasteiger partial charge in [0.15, 0.2) is 0 Å². The van der Waals surface area contributed by atoms with E-state index in [2.05, 4.69) is 27.8 Å². The Morgan fingerprint density at radius 2 is 2.21 bits per heavy atom. The van der Waals surface area contributed by atoms with Crippen molar-refractivity contribution in [2.75, 3.05) is 13.1 Å². The minimum absolute atomic E-state index is 0.0369. The molecule has 2 rings (SSSR count). The topological polar surface area (TPSA) is 57.0 Å². The molecular formula is C14H16BrN3O. The number of carbonyl (C=O) groups excluding carboxylic acids is 1. The van der Waals surface area contributed by atoms with Crippen molar-refractivity contribution in [1.82, 2.24) is 9.88 Å². The van der Waals surface area contributed by atoms with E-state index < -0.39 is 0 Å². The maximum atomic E-state index is 12.2. The number of carbonyl (C=O) groups is 1.